The maximum atomic E-state index is 11.7. The Morgan fingerprint density at radius 1 is 1.65 bits per heavy atom. The monoisotopic (exact) mass is 237 g/mol. The number of carbonyl (C=O) groups is 1. The zero-order valence-electron chi connectivity index (χ0n) is 10.1. The second-order valence-corrected chi connectivity index (χ2v) is 4.32. The van der Waals surface area contributed by atoms with Gasteiger partial charge in [-0.1, -0.05) is 13.3 Å². The summed E-state index contributed by atoms with van der Waals surface area (Å²) in [7, 11) is 0. The van der Waals surface area contributed by atoms with Crippen molar-refractivity contribution in [2.24, 2.45) is 5.84 Å². The van der Waals surface area contributed by atoms with E-state index < -0.39 is 0 Å². The van der Waals surface area contributed by atoms with Gasteiger partial charge >= 0.3 is 0 Å². The lowest BCUT2D eigenvalue weighted by molar-refractivity contribution is -0.127. The zero-order valence-corrected chi connectivity index (χ0v) is 10.1. The van der Waals surface area contributed by atoms with Crippen molar-refractivity contribution in [1.82, 2.24) is 19.9 Å². The lowest BCUT2D eigenvalue weighted by Gasteiger charge is -2.33. The van der Waals surface area contributed by atoms with Crippen LogP contribution in [0.5, 0.6) is 0 Å². The summed E-state index contributed by atoms with van der Waals surface area (Å²) in [5.41, 5.74) is 2.26. The molecule has 6 nitrogen and oxygen atoms in total. The largest absolute Gasteiger partial charge is 0.333 e. The molecule has 2 rings (SSSR count). The van der Waals surface area contributed by atoms with E-state index >= 15 is 0 Å². The minimum Gasteiger partial charge on any atom is -0.333 e. The van der Waals surface area contributed by atoms with E-state index in [0.717, 1.165) is 31.8 Å². The summed E-state index contributed by atoms with van der Waals surface area (Å²) in [5.74, 6) is 6.15. The third-order valence-corrected chi connectivity index (χ3v) is 3.22. The van der Waals surface area contributed by atoms with Crippen molar-refractivity contribution < 1.29 is 4.79 Å². The molecule has 3 N–H and O–H groups in total. The van der Waals surface area contributed by atoms with Gasteiger partial charge in [-0.2, -0.15) is 0 Å². The smallest absolute Gasteiger partial charge is 0.251 e. The first-order valence-electron chi connectivity index (χ1n) is 6.00. The van der Waals surface area contributed by atoms with E-state index in [2.05, 4.69) is 26.8 Å². The molecule has 1 unspecified atom stereocenters. The average Bonchev–Trinajstić information content (AvgIpc) is 2.82. The van der Waals surface area contributed by atoms with Crippen LogP contribution in [0.4, 0.5) is 0 Å². The number of hydrogen-bond donors (Lipinski definition) is 2. The van der Waals surface area contributed by atoms with Crippen molar-refractivity contribution in [3.8, 4) is 0 Å². The third kappa shape index (κ3) is 2.48. The highest BCUT2D eigenvalue weighted by molar-refractivity contribution is 5.81. The van der Waals surface area contributed by atoms with Crippen LogP contribution in [-0.4, -0.2) is 32.9 Å². The molecule has 94 valence electrons. The lowest BCUT2D eigenvalue weighted by atomic mass is 10.1. The zero-order chi connectivity index (χ0) is 12.3. The van der Waals surface area contributed by atoms with E-state index in [4.69, 9.17) is 5.84 Å². The van der Waals surface area contributed by atoms with E-state index in [9.17, 15) is 4.79 Å². The first-order chi connectivity index (χ1) is 8.26. The van der Waals surface area contributed by atoms with Crippen molar-refractivity contribution in [2.45, 2.75) is 38.9 Å². The summed E-state index contributed by atoms with van der Waals surface area (Å²) in [6.07, 6.45) is 5.56. The Labute approximate surface area is 101 Å². The molecule has 1 aliphatic heterocycles. The van der Waals surface area contributed by atoms with Crippen LogP contribution in [0.3, 0.4) is 0 Å². The molecular weight excluding hydrogens is 218 g/mol. The molecule has 0 radical (unpaired) electrons. The van der Waals surface area contributed by atoms with Gasteiger partial charge in [-0.25, -0.2) is 10.8 Å². The van der Waals surface area contributed by atoms with Crippen LogP contribution in [0, 0.1) is 0 Å². The van der Waals surface area contributed by atoms with Crippen LogP contribution < -0.4 is 11.3 Å². The number of amides is 1. The average molecular weight is 237 g/mol. The second kappa shape index (κ2) is 5.29. The van der Waals surface area contributed by atoms with Gasteiger partial charge in [-0.05, 0) is 6.42 Å². The Kier molecular flexibility index (Phi) is 3.75. The first-order valence-corrected chi connectivity index (χ1v) is 6.00. The summed E-state index contributed by atoms with van der Waals surface area (Å²) >= 11 is 0. The fourth-order valence-corrected chi connectivity index (χ4v) is 2.31. The molecule has 1 aliphatic rings. The highest BCUT2D eigenvalue weighted by Crippen LogP contribution is 2.16. The van der Waals surface area contributed by atoms with Crippen molar-refractivity contribution in [3.63, 3.8) is 0 Å². The number of nitrogens with one attached hydrogen (secondary N) is 1. The number of carbonyl (C=O) groups excluding carboxylic acids is 1. The molecule has 1 aromatic rings. The number of hydrazine groups is 1. The molecule has 0 fully saturated rings. The minimum absolute atomic E-state index is 0.105. The molecule has 6 heteroatoms. The topological polar surface area (TPSA) is 76.2 Å². The number of rotatable bonds is 4. The van der Waals surface area contributed by atoms with Gasteiger partial charge in [0.05, 0.1) is 12.6 Å². The van der Waals surface area contributed by atoms with Crippen molar-refractivity contribution in [1.29, 1.82) is 0 Å². The fourth-order valence-electron chi connectivity index (χ4n) is 2.31. The van der Waals surface area contributed by atoms with E-state index in [-0.39, 0.29) is 11.9 Å². The van der Waals surface area contributed by atoms with Gasteiger partial charge in [-0.3, -0.25) is 15.1 Å². The number of nitrogens with zero attached hydrogens (tertiary/aromatic N) is 3. The van der Waals surface area contributed by atoms with Crippen molar-refractivity contribution in [3.05, 3.63) is 18.2 Å². The Morgan fingerprint density at radius 2 is 2.47 bits per heavy atom. The molecule has 1 amide bonds. The van der Waals surface area contributed by atoms with Gasteiger partial charge in [0.25, 0.3) is 5.91 Å². The lowest BCUT2D eigenvalue weighted by Crippen LogP contribution is -2.51. The van der Waals surface area contributed by atoms with Crippen molar-refractivity contribution in [2.75, 3.05) is 6.54 Å². The number of imidazole rings is 1. The molecule has 1 aromatic heterocycles. The van der Waals surface area contributed by atoms with Gasteiger partial charge in [0, 0.05) is 25.5 Å². The molecule has 0 spiro atoms. The molecule has 0 aromatic carbocycles. The van der Waals surface area contributed by atoms with E-state index in [0.29, 0.717) is 6.54 Å². The standard InChI is InChI=1S/C11H19N5O/c1-2-3-9(11(17)14-12)16-7-6-15-5-4-13-10(15)8-16/h4-5,9H,2-3,6-8,12H2,1H3,(H,14,17). The fraction of sp³-hybridized carbons (Fsp3) is 0.636. The van der Waals surface area contributed by atoms with Crippen molar-refractivity contribution >= 4 is 5.91 Å². The molecule has 1 atom stereocenters. The maximum absolute atomic E-state index is 11.7. The predicted octanol–water partition coefficient (Wildman–Crippen LogP) is -0.143. The summed E-state index contributed by atoms with van der Waals surface area (Å²) < 4.78 is 2.12. The minimum atomic E-state index is -0.143. The van der Waals surface area contributed by atoms with Crippen LogP contribution >= 0.6 is 0 Å². The van der Waals surface area contributed by atoms with Gasteiger partial charge in [0.2, 0.25) is 0 Å². The number of nitrogens with two attached hydrogens (primary N) is 1. The number of aromatic nitrogens is 2. The van der Waals surface area contributed by atoms with Crippen LogP contribution in [0.1, 0.15) is 25.6 Å². The normalized spacial score (nSPS) is 17.5. The van der Waals surface area contributed by atoms with E-state index in [1.165, 1.54) is 0 Å². The Balaban J connectivity index is 2.08. The summed E-state index contributed by atoms with van der Waals surface area (Å²) in [5, 5.41) is 0. The van der Waals surface area contributed by atoms with Crippen LogP contribution in [-0.2, 0) is 17.9 Å². The quantitative estimate of drug-likeness (QED) is 0.434. The predicted molar refractivity (Wildman–Crippen MR) is 63.7 cm³/mol. The molecule has 0 saturated heterocycles. The maximum Gasteiger partial charge on any atom is 0.251 e. The van der Waals surface area contributed by atoms with E-state index in [1.807, 2.05) is 6.20 Å². The molecule has 0 bridgehead atoms. The molecule has 2 heterocycles. The van der Waals surface area contributed by atoms with Gasteiger partial charge in [0.15, 0.2) is 0 Å². The van der Waals surface area contributed by atoms with Gasteiger partial charge in [-0.15, -0.1) is 0 Å². The van der Waals surface area contributed by atoms with Gasteiger partial charge in [0.1, 0.15) is 5.82 Å². The first kappa shape index (κ1) is 12.1. The SMILES string of the molecule is CCCC(C(=O)NN)N1CCn2ccnc2C1. The highest BCUT2D eigenvalue weighted by atomic mass is 16.2. The Morgan fingerprint density at radius 3 is 3.18 bits per heavy atom. The Hall–Kier alpha value is -1.40. The molecule has 0 saturated carbocycles. The number of hydrogen-bond acceptors (Lipinski definition) is 4. The Bertz CT molecular complexity index is 389. The van der Waals surface area contributed by atoms with Gasteiger partial charge < -0.3 is 4.57 Å². The summed E-state index contributed by atoms with van der Waals surface area (Å²) in [6.45, 7) is 4.53. The van der Waals surface area contributed by atoms with E-state index in [1.54, 1.807) is 6.20 Å². The highest BCUT2D eigenvalue weighted by Gasteiger charge is 2.28. The van der Waals surface area contributed by atoms with Crippen LogP contribution in [0.15, 0.2) is 12.4 Å². The summed E-state index contributed by atoms with van der Waals surface area (Å²) in [6, 6.07) is -0.143. The van der Waals surface area contributed by atoms with Crippen LogP contribution in [0.2, 0.25) is 0 Å². The molecular formula is C11H19N5O. The summed E-state index contributed by atoms with van der Waals surface area (Å²) in [4.78, 5) is 18.2. The number of fused-ring (bicyclic) bond motifs is 1. The molecule has 17 heavy (non-hydrogen) atoms. The van der Waals surface area contributed by atoms with Crippen LogP contribution in [0.25, 0.3) is 0 Å². The third-order valence-electron chi connectivity index (χ3n) is 3.22. The molecule has 0 aliphatic carbocycles. The second-order valence-electron chi connectivity index (χ2n) is 4.32.